The SMILES string of the molecule is CNC(Cc1nn(C)c2ccccc12)C1CN(C)CCO1. The third kappa shape index (κ3) is 2.95. The van der Waals surface area contributed by atoms with Crippen LogP contribution in [0.5, 0.6) is 0 Å². The van der Waals surface area contributed by atoms with Crippen molar-refractivity contribution < 1.29 is 4.74 Å². The van der Waals surface area contributed by atoms with Gasteiger partial charge in [0.1, 0.15) is 0 Å². The van der Waals surface area contributed by atoms with Crippen molar-refractivity contribution in [1.82, 2.24) is 20.0 Å². The summed E-state index contributed by atoms with van der Waals surface area (Å²) in [4.78, 5) is 2.33. The van der Waals surface area contributed by atoms with Crippen LogP contribution in [0, 0.1) is 0 Å². The van der Waals surface area contributed by atoms with Crippen molar-refractivity contribution in [1.29, 1.82) is 0 Å². The molecule has 1 aromatic heterocycles. The fraction of sp³-hybridized carbons (Fsp3) is 0.562. The molecule has 0 spiro atoms. The summed E-state index contributed by atoms with van der Waals surface area (Å²) in [6.07, 6.45) is 1.10. The van der Waals surface area contributed by atoms with Crippen LogP contribution in [0.15, 0.2) is 24.3 Å². The molecule has 1 aromatic carbocycles. The Balaban J connectivity index is 1.82. The fourth-order valence-electron chi connectivity index (χ4n) is 3.12. The Labute approximate surface area is 125 Å². The lowest BCUT2D eigenvalue weighted by atomic mass is 10.0. The van der Waals surface area contributed by atoms with E-state index in [4.69, 9.17) is 9.84 Å². The zero-order valence-corrected chi connectivity index (χ0v) is 13.0. The number of ether oxygens (including phenoxy) is 1. The highest BCUT2D eigenvalue weighted by Crippen LogP contribution is 2.20. The summed E-state index contributed by atoms with van der Waals surface area (Å²) >= 11 is 0. The summed E-state index contributed by atoms with van der Waals surface area (Å²) in [5, 5.41) is 9.35. The van der Waals surface area contributed by atoms with Gasteiger partial charge in [-0.3, -0.25) is 4.68 Å². The van der Waals surface area contributed by atoms with Gasteiger partial charge in [0.05, 0.1) is 23.9 Å². The van der Waals surface area contributed by atoms with Gasteiger partial charge < -0.3 is 15.0 Å². The maximum atomic E-state index is 5.95. The predicted molar refractivity (Wildman–Crippen MR) is 84.5 cm³/mol. The normalized spacial score (nSPS) is 21.8. The molecule has 0 amide bonds. The van der Waals surface area contributed by atoms with E-state index < -0.39 is 0 Å². The standard InChI is InChI=1S/C16H24N4O/c1-17-14(16-11-19(2)8-9-21-16)10-13-12-6-4-5-7-15(12)20(3)18-13/h4-7,14,16-17H,8-11H2,1-3H3. The maximum Gasteiger partial charge on any atom is 0.0858 e. The number of morpholine rings is 1. The van der Waals surface area contributed by atoms with E-state index in [1.54, 1.807) is 0 Å². The van der Waals surface area contributed by atoms with Crippen molar-refractivity contribution in [2.45, 2.75) is 18.6 Å². The summed E-state index contributed by atoms with van der Waals surface area (Å²) in [7, 11) is 6.16. The van der Waals surface area contributed by atoms with Gasteiger partial charge in [0.2, 0.25) is 0 Å². The zero-order chi connectivity index (χ0) is 14.8. The van der Waals surface area contributed by atoms with Crippen LogP contribution in [-0.2, 0) is 18.2 Å². The van der Waals surface area contributed by atoms with Crippen molar-refractivity contribution in [2.75, 3.05) is 33.8 Å². The first-order valence-corrected chi connectivity index (χ1v) is 7.57. The summed E-state index contributed by atoms with van der Waals surface area (Å²) in [6.45, 7) is 2.79. The van der Waals surface area contributed by atoms with Gasteiger partial charge in [0.15, 0.2) is 0 Å². The summed E-state index contributed by atoms with van der Waals surface area (Å²) < 4.78 is 7.92. The molecular weight excluding hydrogens is 264 g/mol. The molecule has 3 rings (SSSR count). The Bertz CT molecular complexity index is 609. The number of hydrogen-bond acceptors (Lipinski definition) is 4. The van der Waals surface area contributed by atoms with Crippen LogP contribution in [0.3, 0.4) is 0 Å². The third-order valence-electron chi connectivity index (χ3n) is 4.36. The molecule has 5 nitrogen and oxygen atoms in total. The first-order valence-electron chi connectivity index (χ1n) is 7.57. The summed E-state index contributed by atoms with van der Waals surface area (Å²) in [5.74, 6) is 0. The second kappa shape index (κ2) is 6.13. The monoisotopic (exact) mass is 288 g/mol. The summed E-state index contributed by atoms with van der Waals surface area (Å²) in [6, 6.07) is 8.68. The number of nitrogens with zero attached hydrogens (tertiary/aromatic N) is 3. The second-order valence-electron chi connectivity index (χ2n) is 5.86. The lowest BCUT2D eigenvalue weighted by Gasteiger charge is -2.34. The molecule has 0 aliphatic carbocycles. The Morgan fingerprint density at radius 1 is 1.38 bits per heavy atom. The van der Waals surface area contributed by atoms with Gasteiger partial charge >= 0.3 is 0 Å². The van der Waals surface area contributed by atoms with E-state index >= 15 is 0 Å². The number of benzene rings is 1. The first-order chi connectivity index (χ1) is 10.2. The van der Waals surface area contributed by atoms with Crippen LogP contribution in [-0.4, -0.2) is 60.6 Å². The average Bonchev–Trinajstić information content (AvgIpc) is 2.82. The van der Waals surface area contributed by atoms with Gasteiger partial charge in [-0.05, 0) is 20.2 Å². The van der Waals surface area contributed by atoms with Crippen molar-refractivity contribution in [2.24, 2.45) is 7.05 Å². The first kappa shape index (κ1) is 14.5. The number of likely N-dealkylation sites (N-methyl/N-ethyl adjacent to an activating group) is 2. The Morgan fingerprint density at radius 2 is 2.19 bits per heavy atom. The molecule has 2 atom stereocenters. The van der Waals surface area contributed by atoms with E-state index in [0.29, 0.717) is 0 Å². The van der Waals surface area contributed by atoms with Gasteiger partial charge in [-0.2, -0.15) is 5.10 Å². The van der Waals surface area contributed by atoms with E-state index in [-0.39, 0.29) is 12.1 Å². The zero-order valence-electron chi connectivity index (χ0n) is 13.0. The van der Waals surface area contributed by atoms with E-state index in [1.165, 1.54) is 10.9 Å². The topological polar surface area (TPSA) is 42.3 Å². The molecule has 1 aliphatic rings. The molecule has 2 heterocycles. The molecule has 2 unspecified atom stereocenters. The summed E-state index contributed by atoms with van der Waals surface area (Å²) in [5.41, 5.74) is 2.33. The molecule has 21 heavy (non-hydrogen) atoms. The lowest BCUT2D eigenvalue weighted by Crippen LogP contribution is -2.51. The number of nitrogens with one attached hydrogen (secondary N) is 1. The second-order valence-corrected chi connectivity index (χ2v) is 5.86. The molecule has 5 heteroatoms. The van der Waals surface area contributed by atoms with Gasteiger partial charge in [-0.15, -0.1) is 0 Å². The van der Waals surface area contributed by atoms with E-state index in [9.17, 15) is 0 Å². The Kier molecular flexibility index (Phi) is 4.24. The van der Waals surface area contributed by atoms with Gasteiger partial charge in [-0.1, -0.05) is 18.2 Å². The number of para-hydroxylation sites is 1. The van der Waals surface area contributed by atoms with Crippen LogP contribution < -0.4 is 5.32 Å². The quantitative estimate of drug-likeness (QED) is 0.913. The highest BCUT2D eigenvalue weighted by atomic mass is 16.5. The Hall–Kier alpha value is -1.43. The number of hydrogen-bond donors (Lipinski definition) is 1. The lowest BCUT2D eigenvalue weighted by molar-refractivity contribution is -0.0373. The number of aryl methyl sites for hydroxylation is 1. The molecule has 0 bridgehead atoms. The van der Waals surface area contributed by atoms with Crippen LogP contribution in [0.25, 0.3) is 10.9 Å². The molecule has 0 saturated carbocycles. The molecule has 1 N–H and O–H groups in total. The van der Waals surface area contributed by atoms with E-state index in [0.717, 1.165) is 31.8 Å². The highest BCUT2D eigenvalue weighted by molar-refractivity contribution is 5.81. The third-order valence-corrected chi connectivity index (χ3v) is 4.36. The number of aromatic nitrogens is 2. The highest BCUT2D eigenvalue weighted by Gasteiger charge is 2.27. The van der Waals surface area contributed by atoms with Crippen LogP contribution in [0.4, 0.5) is 0 Å². The number of rotatable bonds is 4. The van der Waals surface area contributed by atoms with Crippen LogP contribution in [0.1, 0.15) is 5.69 Å². The van der Waals surface area contributed by atoms with Gasteiger partial charge in [0.25, 0.3) is 0 Å². The van der Waals surface area contributed by atoms with Crippen molar-refractivity contribution in [3.63, 3.8) is 0 Å². The predicted octanol–water partition coefficient (Wildman–Crippen LogP) is 1.03. The minimum absolute atomic E-state index is 0.217. The van der Waals surface area contributed by atoms with Gasteiger partial charge in [0, 0.05) is 38.0 Å². The molecule has 114 valence electrons. The minimum Gasteiger partial charge on any atom is -0.374 e. The van der Waals surface area contributed by atoms with Crippen molar-refractivity contribution in [3.8, 4) is 0 Å². The number of fused-ring (bicyclic) bond motifs is 1. The van der Waals surface area contributed by atoms with Crippen LogP contribution >= 0.6 is 0 Å². The fourth-order valence-corrected chi connectivity index (χ4v) is 3.12. The van der Waals surface area contributed by atoms with Crippen LogP contribution in [0.2, 0.25) is 0 Å². The Morgan fingerprint density at radius 3 is 2.95 bits per heavy atom. The average molecular weight is 288 g/mol. The molecule has 2 aromatic rings. The smallest absolute Gasteiger partial charge is 0.0858 e. The molecular formula is C16H24N4O. The molecule has 1 fully saturated rings. The molecule has 0 radical (unpaired) electrons. The molecule has 1 aliphatic heterocycles. The van der Waals surface area contributed by atoms with Crippen molar-refractivity contribution in [3.05, 3.63) is 30.0 Å². The van der Waals surface area contributed by atoms with E-state index in [2.05, 4.69) is 41.5 Å². The van der Waals surface area contributed by atoms with Crippen molar-refractivity contribution >= 4 is 10.9 Å². The van der Waals surface area contributed by atoms with Gasteiger partial charge in [-0.25, -0.2) is 0 Å². The van der Waals surface area contributed by atoms with E-state index in [1.807, 2.05) is 18.8 Å². The minimum atomic E-state index is 0.217. The maximum absolute atomic E-state index is 5.95. The largest absolute Gasteiger partial charge is 0.374 e. The molecule has 1 saturated heterocycles.